The Morgan fingerprint density at radius 1 is 0.259 bits per heavy atom. The van der Waals surface area contributed by atoms with E-state index in [1.807, 2.05) is 0 Å². The molecule has 0 bridgehead atoms. The summed E-state index contributed by atoms with van der Waals surface area (Å²) in [6.45, 7) is 6.31. The lowest BCUT2D eigenvalue weighted by atomic mass is 10.1. The Bertz CT molecular complexity index is 1900. The minimum atomic E-state index is -0.833. The molecule has 0 aromatic heterocycles. The number of rotatable bonds is 56. The van der Waals surface area contributed by atoms with Crippen molar-refractivity contribution in [2.75, 3.05) is 13.2 Å². The Hall–Kier alpha value is -5.49. The van der Waals surface area contributed by atoms with Gasteiger partial charge in [-0.2, -0.15) is 0 Å². The lowest BCUT2D eigenvalue weighted by Gasteiger charge is -2.18. The van der Waals surface area contributed by atoms with Crippen molar-refractivity contribution in [2.24, 2.45) is 0 Å². The van der Waals surface area contributed by atoms with Crippen LogP contribution in [0.15, 0.2) is 182 Å². The molecule has 0 saturated carbocycles. The zero-order chi connectivity index (χ0) is 58.5. The van der Waals surface area contributed by atoms with Gasteiger partial charge in [0.05, 0.1) is 0 Å². The van der Waals surface area contributed by atoms with Gasteiger partial charge in [-0.1, -0.05) is 254 Å². The molecule has 0 rings (SSSR count). The molecule has 6 heteroatoms. The SMILES string of the molecule is CC/C=C\C/C=C\C/C=C\C/C=C\C/C=C\C/C=C\C/C=C\C/C=C\CCCCC(=O)OCC(COC(=O)CCCC/C=C\C/C=C\C/C=C\C/C=C\CC)OC(=O)CCCCCCCC/C=C\C/C=C\C/C=C\CCCCCCC. The van der Waals surface area contributed by atoms with E-state index in [9.17, 15) is 14.4 Å². The summed E-state index contributed by atoms with van der Waals surface area (Å²) in [5.74, 6) is -1.03. The van der Waals surface area contributed by atoms with Crippen LogP contribution in [-0.4, -0.2) is 37.2 Å². The summed E-state index contributed by atoms with van der Waals surface area (Å²) in [7, 11) is 0. The normalized spacial score (nSPS) is 13.4. The van der Waals surface area contributed by atoms with Crippen LogP contribution in [0.4, 0.5) is 0 Å². The van der Waals surface area contributed by atoms with E-state index < -0.39 is 6.10 Å². The van der Waals surface area contributed by atoms with Crippen molar-refractivity contribution < 1.29 is 28.6 Å². The molecule has 6 nitrogen and oxygen atoms in total. The lowest BCUT2D eigenvalue weighted by Crippen LogP contribution is -2.30. The monoisotopic (exact) mass is 1110 g/mol. The quantitative estimate of drug-likeness (QED) is 0.0261. The highest BCUT2D eigenvalue weighted by atomic mass is 16.6. The first-order chi connectivity index (χ1) is 40.0. The second-order valence-corrected chi connectivity index (χ2v) is 20.5. The van der Waals surface area contributed by atoms with E-state index in [4.69, 9.17) is 14.2 Å². The molecule has 0 aliphatic heterocycles. The van der Waals surface area contributed by atoms with Crippen molar-refractivity contribution in [1.82, 2.24) is 0 Å². The van der Waals surface area contributed by atoms with Crippen molar-refractivity contribution in [3.63, 3.8) is 0 Å². The predicted octanol–water partition coefficient (Wildman–Crippen LogP) is 22.4. The first-order valence-electron chi connectivity index (χ1n) is 32.3. The standard InChI is InChI=1S/C75H116O6/c1-4-7-10-13-16-19-22-25-28-30-32-34-35-36-37-38-39-41-42-44-47-50-53-56-59-62-65-68-74(77)80-71-72(70-79-73(76)67-64-61-58-55-52-49-46-27-24-21-18-15-12-9-6-3)81-75(78)69-66-63-60-57-54-51-48-45-43-40-33-31-29-26-23-20-17-14-11-8-5-2/h7,9-10,12,16,18-19,21,23,25-28,31-34,36-37,39,41,43-47,52-53,55-56,72H,4-6,8,11,13-15,17,20,22,24,29-30,35,38,40,42,48-51,54,57-71H2,1-3H3/b10-7-,12-9-,19-16-,21-18-,26-23-,28-25-,33-31-,34-32-,37-36-,41-39-,45-43-,46-27-,47-44-,55-52-,56-53-. The minimum absolute atomic E-state index is 0.128. The molecule has 1 atom stereocenters. The highest BCUT2D eigenvalue weighted by Gasteiger charge is 2.19. The zero-order valence-corrected chi connectivity index (χ0v) is 51.7. The maximum absolute atomic E-state index is 12.9. The van der Waals surface area contributed by atoms with Crippen LogP contribution >= 0.6 is 0 Å². The van der Waals surface area contributed by atoms with Gasteiger partial charge in [0, 0.05) is 19.3 Å². The van der Waals surface area contributed by atoms with Crippen LogP contribution in [0.3, 0.4) is 0 Å². The fraction of sp³-hybridized carbons (Fsp3) is 0.560. The smallest absolute Gasteiger partial charge is 0.306 e. The van der Waals surface area contributed by atoms with Crippen LogP contribution in [0.25, 0.3) is 0 Å². The molecule has 0 aromatic rings. The molecular weight excluding hydrogens is 997 g/mol. The van der Waals surface area contributed by atoms with Crippen molar-refractivity contribution in [3.8, 4) is 0 Å². The van der Waals surface area contributed by atoms with Crippen LogP contribution in [0, 0.1) is 0 Å². The summed E-state index contributed by atoms with van der Waals surface area (Å²) in [4.78, 5) is 38.3. The van der Waals surface area contributed by atoms with Gasteiger partial charge in [-0.05, 0) is 161 Å². The Balaban J connectivity index is 4.55. The number of allylic oxidation sites excluding steroid dienone is 30. The summed E-state index contributed by atoms with van der Waals surface area (Å²) < 4.78 is 16.8. The summed E-state index contributed by atoms with van der Waals surface area (Å²) in [6, 6.07) is 0. The van der Waals surface area contributed by atoms with Gasteiger partial charge in [0.2, 0.25) is 0 Å². The van der Waals surface area contributed by atoms with Crippen LogP contribution < -0.4 is 0 Å². The molecule has 81 heavy (non-hydrogen) atoms. The van der Waals surface area contributed by atoms with Gasteiger partial charge >= 0.3 is 17.9 Å². The molecular formula is C75H116O6. The lowest BCUT2D eigenvalue weighted by molar-refractivity contribution is -0.167. The number of hydrogen-bond donors (Lipinski definition) is 0. The number of carbonyl (C=O) groups excluding carboxylic acids is 3. The third-order valence-electron chi connectivity index (χ3n) is 12.9. The van der Waals surface area contributed by atoms with Gasteiger partial charge in [-0.3, -0.25) is 14.4 Å². The summed E-state index contributed by atoms with van der Waals surface area (Å²) >= 11 is 0. The Labute approximate surface area is 497 Å². The van der Waals surface area contributed by atoms with Gasteiger partial charge in [0.1, 0.15) is 13.2 Å². The number of carbonyl (C=O) groups is 3. The zero-order valence-electron chi connectivity index (χ0n) is 51.7. The number of ether oxygens (including phenoxy) is 3. The van der Waals surface area contributed by atoms with Crippen molar-refractivity contribution in [1.29, 1.82) is 0 Å². The second kappa shape index (κ2) is 67.0. The molecule has 0 fully saturated rings. The first-order valence-corrected chi connectivity index (χ1v) is 32.3. The van der Waals surface area contributed by atoms with E-state index in [1.165, 1.54) is 51.4 Å². The fourth-order valence-electron chi connectivity index (χ4n) is 8.10. The maximum atomic E-state index is 12.9. The van der Waals surface area contributed by atoms with E-state index in [0.29, 0.717) is 12.8 Å². The van der Waals surface area contributed by atoms with E-state index in [-0.39, 0.29) is 50.4 Å². The Morgan fingerprint density at radius 3 is 0.778 bits per heavy atom. The average Bonchev–Trinajstić information content (AvgIpc) is 3.47. The molecule has 0 aliphatic carbocycles. The van der Waals surface area contributed by atoms with Gasteiger partial charge < -0.3 is 14.2 Å². The predicted molar refractivity (Wildman–Crippen MR) is 352 cm³/mol. The molecule has 0 N–H and O–H groups in total. The van der Waals surface area contributed by atoms with E-state index in [2.05, 4.69) is 203 Å². The molecule has 1 unspecified atom stereocenters. The first kappa shape index (κ1) is 75.5. The number of esters is 3. The van der Waals surface area contributed by atoms with Crippen LogP contribution in [-0.2, 0) is 28.6 Å². The van der Waals surface area contributed by atoms with Crippen molar-refractivity contribution in [3.05, 3.63) is 182 Å². The summed E-state index contributed by atoms with van der Waals surface area (Å²) in [6.07, 6.45) is 100. The molecule has 0 spiro atoms. The van der Waals surface area contributed by atoms with Gasteiger partial charge in [-0.25, -0.2) is 0 Å². The largest absolute Gasteiger partial charge is 0.462 e. The molecule has 0 saturated heterocycles. The van der Waals surface area contributed by atoms with Crippen LogP contribution in [0.1, 0.15) is 252 Å². The van der Waals surface area contributed by atoms with Gasteiger partial charge in [0.15, 0.2) is 6.10 Å². The number of hydrogen-bond acceptors (Lipinski definition) is 6. The Morgan fingerprint density at radius 2 is 0.481 bits per heavy atom. The van der Waals surface area contributed by atoms with Gasteiger partial charge in [0.25, 0.3) is 0 Å². The van der Waals surface area contributed by atoms with Crippen molar-refractivity contribution >= 4 is 17.9 Å². The molecule has 0 heterocycles. The highest BCUT2D eigenvalue weighted by molar-refractivity contribution is 5.71. The average molecular weight is 1110 g/mol. The Kier molecular flexibility index (Phi) is 62.5. The third-order valence-corrected chi connectivity index (χ3v) is 12.9. The maximum Gasteiger partial charge on any atom is 0.306 e. The summed E-state index contributed by atoms with van der Waals surface area (Å²) in [5, 5.41) is 0. The number of unbranched alkanes of at least 4 members (excludes halogenated alkanes) is 15. The molecule has 0 aromatic carbocycles. The third kappa shape index (κ3) is 65.2. The minimum Gasteiger partial charge on any atom is -0.462 e. The van der Waals surface area contributed by atoms with Crippen LogP contribution in [0.2, 0.25) is 0 Å². The van der Waals surface area contributed by atoms with Crippen LogP contribution in [0.5, 0.6) is 0 Å². The molecule has 0 radical (unpaired) electrons. The van der Waals surface area contributed by atoms with Gasteiger partial charge in [-0.15, -0.1) is 0 Å². The van der Waals surface area contributed by atoms with Crippen molar-refractivity contribution in [2.45, 2.75) is 258 Å². The van der Waals surface area contributed by atoms with E-state index in [0.717, 1.165) is 148 Å². The second-order valence-electron chi connectivity index (χ2n) is 20.5. The van der Waals surface area contributed by atoms with E-state index in [1.54, 1.807) is 0 Å². The fourth-order valence-corrected chi connectivity index (χ4v) is 8.10. The topological polar surface area (TPSA) is 78.9 Å². The highest BCUT2D eigenvalue weighted by Crippen LogP contribution is 2.13. The molecule has 452 valence electrons. The molecule has 0 amide bonds. The molecule has 0 aliphatic rings. The van der Waals surface area contributed by atoms with E-state index >= 15 is 0 Å². The summed E-state index contributed by atoms with van der Waals surface area (Å²) in [5.41, 5.74) is 0.